The summed E-state index contributed by atoms with van der Waals surface area (Å²) >= 11 is 0. The molecule has 7 heteroatoms. The van der Waals surface area contributed by atoms with Crippen molar-refractivity contribution in [1.29, 1.82) is 0 Å². The van der Waals surface area contributed by atoms with Crippen molar-refractivity contribution in [2.45, 2.75) is 38.6 Å². The number of amides is 1. The highest BCUT2D eigenvalue weighted by molar-refractivity contribution is 14.0. The molecule has 1 aliphatic heterocycles. The van der Waals surface area contributed by atoms with Gasteiger partial charge in [0.25, 0.3) is 5.91 Å². The van der Waals surface area contributed by atoms with E-state index >= 15 is 0 Å². The zero-order chi connectivity index (χ0) is 17.7. The highest BCUT2D eigenvalue weighted by Gasteiger charge is 2.40. The number of carbonyl (C=O) groups excluding carboxylic acids is 1. The molecule has 0 bridgehead atoms. The number of nitrogens with one attached hydrogen (secondary N) is 1. The zero-order valence-corrected chi connectivity index (χ0v) is 17.7. The van der Waals surface area contributed by atoms with E-state index in [0.29, 0.717) is 17.7 Å². The summed E-state index contributed by atoms with van der Waals surface area (Å²) in [5.74, 6) is 1.14. The fraction of sp³-hybridized carbons (Fsp3) is 0.579. The monoisotopic (exact) mass is 472 g/mol. The van der Waals surface area contributed by atoms with Gasteiger partial charge in [0.1, 0.15) is 5.75 Å². The van der Waals surface area contributed by atoms with Crippen LogP contribution in [0.5, 0.6) is 5.75 Å². The Bertz CT molecular complexity index is 644. The van der Waals surface area contributed by atoms with Gasteiger partial charge in [-0.3, -0.25) is 9.79 Å². The molecule has 1 aliphatic carbocycles. The predicted molar refractivity (Wildman–Crippen MR) is 114 cm³/mol. The molecule has 2 fully saturated rings. The molecule has 1 aromatic rings. The van der Waals surface area contributed by atoms with Crippen LogP contribution >= 0.6 is 24.0 Å². The molecule has 26 heavy (non-hydrogen) atoms. The summed E-state index contributed by atoms with van der Waals surface area (Å²) in [7, 11) is 1.84. The van der Waals surface area contributed by atoms with Gasteiger partial charge in [-0.15, -0.1) is 24.0 Å². The van der Waals surface area contributed by atoms with Gasteiger partial charge in [-0.1, -0.05) is 25.0 Å². The number of rotatable bonds is 5. The summed E-state index contributed by atoms with van der Waals surface area (Å²) in [4.78, 5) is 17.7. The van der Waals surface area contributed by atoms with Crippen LogP contribution < -0.4 is 15.8 Å². The van der Waals surface area contributed by atoms with Crippen LogP contribution in [0.4, 0.5) is 0 Å². The third kappa shape index (κ3) is 5.25. The van der Waals surface area contributed by atoms with E-state index < -0.39 is 5.91 Å². The highest BCUT2D eigenvalue weighted by Crippen LogP contribution is 2.45. The number of guanidine groups is 1. The number of aliphatic imine (C=N–C) groups is 1. The Hall–Kier alpha value is -1.51. The molecular formula is C19H29IN4O2. The van der Waals surface area contributed by atoms with Crippen LogP contribution in [0.1, 0.15) is 37.7 Å². The van der Waals surface area contributed by atoms with Crippen LogP contribution in [0, 0.1) is 5.41 Å². The number of nitrogens with zero attached hydrogens (tertiary/aromatic N) is 2. The number of hydrogen-bond donors (Lipinski definition) is 2. The third-order valence-corrected chi connectivity index (χ3v) is 5.34. The SMILES string of the molecule is CN=C(NCc1cccc(OCC(N)=O)c1)N1CCC2(CCCC2)C1.I. The minimum Gasteiger partial charge on any atom is -0.484 e. The van der Waals surface area contributed by atoms with Crippen molar-refractivity contribution in [3.63, 3.8) is 0 Å². The van der Waals surface area contributed by atoms with Gasteiger partial charge in [0, 0.05) is 26.7 Å². The molecule has 2 aliphatic rings. The normalized spacial score (nSPS) is 18.7. The average molecular weight is 472 g/mol. The largest absolute Gasteiger partial charge is 0.484 e. The van der Waals surface area contributed by atoms with E-state index in [-0.39, 0.29) is 30.6 Å². The summed E-state index contributed by atoms with van der Waals surface area (Å²) in [5, 5.41) is 3.45. The van der Waals surface area contributed by atoms with E-state index in [2.05, 4.69) is 15.2 Å². The standard InChI is InChI=1S/C19H28N4O2.HI/c1-21-18(23-10-9-19(14-23)7-2-3-8-19)22-12-15-5-4-6-16(11-15)25-13-17(20)24;/h4-6,11H,2-3,7-10,12-14H2,1H3,(H2,20,24)(H,21,22);1H. The molecule has 0 aromatic heterocycles. The van der Waals surface area contributed by atoms with Crippen LogP contribution in [0.25, 0.3) is 0 Å². The van der Waals surface area contributed by atoms with E-state index in [0.717, 1.165) is 24.6 Å². The number of ether oxygens (including phenoxy) is 1. The lowest BCUT2D eigenvalue weighted by molar-refractivity contribution is -0.119. The molecular weight excluding hydrogens is 443 g/mol. The van der Waals surface area contributed by atoms with Gasteiger partial charge in [-0.2, -0.15) is 0 Å². The zero-order valence-electron chi connectivity index (χ0n) is 15.4. The van der Waals surface area contributed by atoms with Crippen LogP contribution in [-0.4, -0.2) is 43.5 Å². The Balaban J connectivity index is 0.00000243. The number of primary amides is 1. The van der Waals surface area contributed by atoms with Gasteiger partial charge in [0.2, 0.25) is 0 Å². The second-order valence-electron chi connectivity index (χ2n) is 7.18. The first-order valence-electron chi connectivity index (χ1n) is 9.06. The first-order valence-corrected chi connectivity index (χ1v) is 9.06. The number of benzene rings is 1. The van der Waals surface area contributed by atoms with Gasteiger partial charge < -0.3 is 20.7 Å². The molecule has 0 radical (unpaired) electrons. The molecule has 3 N–H and O–H groups in total. The first-order chi connectivity index (χ1) is 12.1. The summed E-state index contributed by atoms with van der Waals surface area (Å²) in [6.45, 7) is 2.77. The Morgan fingerprint density at radius 2 is 2.12 bits per heavy atom. The number of nitrogens with two attached hydrogens (primary N) is 1. The average Bonchev–Trinajstić information content (AvgIpc) is 3.24. The molecule has 1 amide bonds. The van der Waals surface area contributed by atoms with E-state index in [4.69, 9.17) is 10.5 Å². The lowest BCUT2D eigenvalue weighted by Gasteiger charge is -2.26. The van der Waals surface area contributed by atoms with Gasteiger partial charge in [-0.25, -0.2) is 0 Å². The smallest absolute Gasteiger partial charge is 0.255 e. The second-order valence-corrected chi connectivity index (χ2v) is 7.18. The van der Waals surface area contributed by atoms with Crippen LogP contribution in [0.15, 0.2) is 29.3 Å². The maximum atomic E-state index is 10.8. The van der Waals surface area contributed by atoms with Gasteiger partial charge in [0.15, 0.2) is 12.6 Å². The topological polar surface area (TPSA) is 80.0 Å². The number of likely N-dealkylation sites (tertiary alicyclic amines) is 1. The van der Waals surface area contributed by atoms with Crippen molar-refractivity contribution in [3.8, 4) is 5.75 Å². The first kappa shape index (κ1) is 20.8. The molecule has 144 valence electrons. The van der Waals surface area contributed by atoms with Crippen molar-refractivity contribution >= 4 is 35.8 Å². The summed E-state index contributed by atoms with van der Waals surface area (Å²) in [5.41, 5.74) is 6.73. The van der Waals surface area contributed by atoms with E-state index in [1.807, 2.05) is 31.3 Å². The molecule has 6 nitrogen and oxygen atoms in total. The van der Waals surface area contributed by atoms with Crippen molar-refractivity contribution < 1.29 is 9.53 Å². The lowest BCUT2D eigenvalue weighted by atomic mass is 9.86. The minimum atomic E-state index is -0.473. The minimum absolute atomic E-state index is 0. The number of halogens is 1. The second kappa shape index (κ2) is 9.43. The van der Waals surface area contributed by atoms with E-state index in [9.17, 15) is 4.79 Å². The molecule has 3 rings (SSSR count). The molecule has 0 atom stereocenters. The quantitative estimate of drug-likeness (QED) is 0.392. The third-order valence-electron chi connectivity index (χ3n) is 5.34. The molecule has 1 spiro atoms. The Morgan fingerprint density at radius 3 is 2.81 bits per heavy atom. The van der Waals surface area contributed by atoms with Crippen LogP contribution in [0.2, 0.25) is 0 Å². The van der Waals surface area contributed by atoms with E-state index in [1.54, 1.807) is 0 Å². The maximum Gasteiger partial charge on any atom is 0.255 e. The molecule has 0 unspecified atom stereocenters. The summed E-state index contributed by atoms with van der Waals surface area (Å²) < 4.78 is 5.36. The molecule has 1 saturated heterocycles. The molecule has 1 saturated carbocycles. The van der Waals surface area contributed by atoms with Crippen molar-refractivity contribution in [1.82, 2.24) is 10.2 Å². The summed E-state index contributed by atoms with van der Waals surface area (Å²) in [6, 6.07) is 7.69. The van der Waals surface area contributed by atoms with Gasteiger partial charge in [-0.05, 0) is 42.4 Å². The number of hydrogen-bond acceptors (Lipinski definition) is 3. The van der Waals surface area contributed by atoms with Crippen LogP contribution in [-0.2, 0) is 11.3 Å². The Kier molecular flexibility index (Phi) is 7.55. The van der Waals surface area contributed by atoms with Gasteiger partial charge >= 0.3 is 0 Å². The van der Waals surface area contributed by atoms with Crippen molar-refractivity contribution in [3.05, 3.63) is 29.8 Å². The lowest BCUT2D eigenvalue weighted by Crippen LogP contribution is -2.40. The predicted octanol–water partition coefficient (Wildman–Crippen LogP) is 2.51. The maximum absolute atomic E-state index is 10.8. The summed E-state index contributed by atoms with van der Waals surface area (Å²) in [6.07, 6.45) is 6.75. The van der Waals surface area contributed by atoms with Crippen molar-refractivity contribution in [2.75, 3.05) is 26.7 Å². The molecule has 1 aromatic carbocycles. The van der Waals surface area contributed by atoms with E-state index in [1.165, 1.54) is 32.1 Å². The highest BCUT2D eigenvalue weighted by atomic mass is 127. The van der Waals surface area contributed by atoms with Crippen molar-refractivity contribution in [2.24, 2.45) is 16.1 Å². The van der Waals surface area contributed by atoms with Gasteiger partial charge in [0.05, 0.1) is 0 Å². The van der Waals surface area contributed by atoms with Crippen LogP contribution in [0.3, 0.4) is 0 Å². The fourth-order valence-corrected chi connectivity index (χ4v) is 4.06. The Labute approximate surface area is 172 Å². The number of carbonyl (C=O) groups is 1. The Morgan fingerprint density at radius 1 is 1.35 bits per heavy atom. The fourth-order valence-electron chi connectivity index (χ4n) is 4.06. The molecule has 1 heterocycles.